The fourth-order valence-corrected chi connectivity index (χ4v) is 4.97. The number of amides is 1. The maximum Gasteiger partial charge on any atom is 0.271 e. The van der Waals surface area contributed by atoms with Gasteiger partial charge in [0.15, 0.2) is 4.80 Å². The van der Waals surface area contributed by atoms with Crippen LogP contribution in [-0.2, 0) is 4.79 Å². The van der Waals surface area contributed by atoms with Gasteiger partial charge in [0, 0.05) is 16.3 Å². The fraction of sp³-hybridized carbons (Fsp3) is 0.0800. The van der Waals surface area contributed by atoms with Crippen molar-refractivity contribution in [1.82, 2.24) is 4.57 Å². The average molecular weight is 476 g/mol. The quantitative estimate of drug-likeness (QED) is 0.482. The van der Waals surface area contributed by atoms with Crippen LogP contribution < -0.4 is 20.2 Å². The summed E-state index contributed by atoms with van der Waals surface area (Å²) in [6.45, 7) is 1.79. The second kappa shape index (κ2) is 8.69. The number of aromatic nitrogens is 1. The molecule has 0 radical (unpaired) electrons. The Bertz CT molecular complexity index is 1530. The minimum absolute atomic E-state index is 0.225. The molecule has 33 heavy (non-hydrogen) atoms. The summed E-state index contributed by atoms with van der Waals surface area (Å²) in [7, 11) is 0. The van der Waals surface area contributed by atoms with Crippen molar-refractivity contribution in [3.8, 4) is 0 Å². The molecule has 6 nitrogen and oxygen atoms in total. The van der Waals surface area contributed by atoms with Crippen molar-refractivity contribution in [3.63, 3.8) is 0 Å². The summed E-state index contributed by atoms with van der Waals surface area (Å²) >= 11 is 7.39. The molecule has 3 heterocycles. The number of nitrogens with zero attached hydrogens (tertiary/aromatic N) is 2. The summed E-state index contributed by atoms with van der Waals surface area (Å²) < 4.78 is 7.20. The third kappa shape index (κ3) is 4.08. The van der Waals surface area contributed by atoms with Crippen molar-refractivity contribution in [3.05, 3.63) is 120 Å². The molecule has 0 fully saturated rings. The zero-order valence-electron chi connectivity index (χ0n) is 17.5. The number of rotatable bonds is 4. The topological polar surface area (TPSA) is 76.6 Å². The molecule has 1 unspecified atom stereocenters. The van der Waals surface area contributed by atoms with Crippen LogP contribution in [-0.4, -0.2) is 10.5 Å². The predicted octanol–water partition coefficient (Wildman–Crippen LogP) is 4.12. The number of para-hydroxylation sites is 1. The Kier molecular flexibility index (Phi) is 5.58. The molecule has 1 aliphatic heterocycles. The summed E-state index contributed by atoms with van der Waals surface area (Å²) in [5.41, 5.74) is 2.94. The van der Waals surface area contributed by atoms with Gasteiger partial charge in [0.25, 0.3) is 11.5 Å². The van der Waals surface area contributed by atoms with Crippen LogP contribution in [0.3, 0.4) is 0 Å². The normalized spacial score (nSPS) is 15.8. The van der Waals surface area contributed by atoms with E-state index in [2.05, 4.69) is 10.3 Å². The molecule has 0 aliphatic carbocycles. The highest BCUT2D eigenvalue weighted by atomic mass is 35.5. The number of halogens is 1. The maximum atomic E-state index is 13.5. The van der Waals surface area contributed by atoms with Crippen molar-refractivity contribution in [2.45, 2.75) is 13.0 Å². The van der Waals surface area contributed by atoms with Crippen LogP contribution in [0.4, 0.5) is 5.69 Å². The lowest BCUT2D eigenvalue weighted by atomic mass is 9.95. The molecule has 0 saturated heterocycles. The van der Waals surface area contributed by atoms with E-state index in [0.717, 1.165) is 11.1 Å². The lowest BCUT2D eigenvalue weighted by Crippen LogP contribution is -2.40. The van der Waals surface area contributed by atoms with Crippen LogP contribution in [0.1, 0.15) is 24.1 Å². The van der Waals surface area contributed by atoms with Crippen molar-refractivity contribution in [1.29, 1.82) is 0 Å². The molecule has 0 saturated carbocycles. The maximum absolute atomic E-state index is 13.5. The Balaban J connectivity index is 1.68. The Morgan fingerprint density at radius 1 is 1.15 bits per heavy atom. The van der Waals surface area contributed by atoms with Crippen molar-refractivity contribution >= 4 is 40.6 Å². The first-order valence-electron chi connectivity index (χ1n) is 10.2. The first-order chi connectivity index (χ1) is 16.0. The second-order valence-electron chi connectivity index (χ2n) is 7.51. The number of thiazole rings is 1. The number of nitrogens with one attached hydrogen (secondary N) is 1. The van der Waals surface area contributed by atoms with E-state index in [-0.39, 0.29) is 11.5 Å². The molecule has 1 amide bonds. The van der Waals surface area contributed by atoms with Crippen LogP contribution in [0.15, 0.2) is 98.7 Å². The molecule has 164 valence electrons. The fourth-order valence-electron chi connectivity index (χ4n) is 3.80. The number of benzene rings is 2. The molecule has 1 N–H and O–H groups in total. The average Bonchev–Trinajstić information content (AvgIpc) is 3.42. The summed E-state index contributed by atoms with van der Waals surface area (Å²) in [6, 6.07) is 17.5. The van der Waals surface area contributed by atoms with E-state index in [1.165, 1.54) is 11.3 Å². The van der Waals surface area contributed by atoms with Gasteiger partial charge in [-0.25, -0.2) is 4.99 Å². The lowest BCUT2D eigenvalue weighted by Gasteiger charge is -2.25. The van der Waals surface area contributed by atoms with E-state index in [1.54, 1.807) is 48.3 Å². The van der Waals surface area contributed by atoms with E-state index < -0.39 is 6.04 Å². The van der Waals surface area contributed by atoms with Gasteiger partial charge in [0.2, 0.25) is 0 Å². The van der Waals surface area contributed by atoms with Crippen LogP contribution in [0, 0.1) is 0 Å². The van der Waals surface area contributed by atoms with E-state index in [0.29, 0.717) is 31.3 Å². The number of hydrogen-bond donors (Lipinski definition) is 1. The first kappa shape index (κ1) is 21.2. The zero-order chi connectivity index (χ0) is 22.9. The van der Waals surface area contributed by atoms with Gasteiger partial charge in [0.1, 0.15) is 0 Å². The van der Waals surface area contributed by atoms with E-state index >= 15 is 0 Å². The van der Waals surface area contributed by atoms with Crippen molar-refractivity contribution in [2.24, 2.45) is 4.99 Å². The van der Waals surface area contributed by atoms with Crippen molar-refractivity contribution < 1.29 is 9.21 Å². The molecule has 0 spiro atoms. The Hall–Kier alpha value is -3.68. The smallest absolute Gasteiger partial charge is 0.271 e. The van der Waals surface area contributed by atoms with Crippen LogP contribution in [0.25, 0.3) is 6.08 Å². The molecule has 8 heteroatoms. The number of carbonyl (C=O) groups is 1. The van der Waals surface area contributed by atoms with Gasteiger partial charge in [-0.3, -0.25) is 14.2 Å². The monoisotopic (exact) mass is 475 g/mol. The summed E-state index contributed by atoms with van der Waals surface area (Å²) in [5, 5.41) is 3.50. The molecule has 5 rings (SSSR count). The van der Waals surface area contributed by atoms with E-state index in [4.69, 9.17) is 16.0 Å². The van der Waals surface area contributed by atoms with Gasteiger partial charge in [-0.1, -0.05) is 53.3 Å². The highest BCUT2D eigenvalue weighted by Crippen LogP contribution is 2.31. The minimum Gasteiger partial charge on any atom is -0.472 e. The molecule has 2 aromatic carbocycles. The van der Waals surface area contributed by atoms with Gasteiger partial charge in [-0.05, 0) is 48.9 Å². The minimum atomic E-state index is -0.645. The zero-order valence-corrected chi connectivity index (χ0v) is 19.1. The molecular formula is C25H18ClN3O3S. The Labute approximate surface area is 197 Å². The number of hydrogen-bond acceptors (Lipinski definition) is 5. The summed E-state index contributed by atoms with van der Waals surface area (Å²) in [5.74, 6) is -0.313. The first-order valence-corrected chi connectivity index (χ1v) is 11.4. The molecule has 2 aromatic heterocycles. The molecular weight excluding hydrogens is 458 g/mol. The van der Waals surface area contributed by atoms with Gasteiger partial charge in [0.05, 0.1) is 34.4 Å². The number of anilines is 1. The van der Waals surface area contributed by atoms with E-state index in [1.807, 2.05) is 42.5 Å². The van der Waals surface area contributed by atoms with Gasteiger partial charge < -0.3 is 9.73 Å². The highest BCUT2D eigenvalue weighted by Gasteiger charge is 2.32. The van der Waals surface area contributed by atoms with Gasteiger partial charge in [-0.2, -0.15) is 0 Å². The third-order valence-electron chi connectivity index (χ3n) is 5.32. The number of fused-ring (bicyclic) bond motifs is 1. The molecule has 1 aliphatic rings. The third-order valence-corrected chi connectivity index (χ3v) is 6.56. The summed E-state index contributed by atoms with van der Waals surface area (Å²) in [4.78, 5) is 32.1. The van der Waals surface area contributed by atoms with Crippen molar-refractivity contribution in [2.75, 3.05) is 5.32 Å². The predicted molar refractivity (Wildman–Crippen MR) is 129 cm³/mol. The second-order valence-corrected chi connectivity index (χ2v) is 8.96. The standard InChI is InChI=1S/C25H18ClN3O3S/c1-15-21(23(30)28-19-5-3-2-4-6-19)22(17-7-9-18(26)10-8-17)29-24(31)20(33-25(29)27-15)13-16-11-12-32-14-16/h2-14,22H,1H3,(H,28,30)/b20-13-. The number of furan rings is 1. The molecule has 1 atom stereocenters. The largest absolute Gasteiger partial charge is 0.472 e. The van der Waals surface area contributed by atoms with Crippen LogP contribution >= 0.6 is 22.9 Å². The Morgan fingerprint density at radius 2 is 1.91 bits per heavy atom. The van der Waals surface area contributed by atoms with E-state index in [9.17, 15) is 9.59 Å². The van der Waals surface area contributed by atoms with Gasteiger partial charge in [-0.15, -0.1) is 0 Å². The van der Waals surface area contributed by atoms with Gasteiger partial charge >= 0.3 is 0 Å². The summed E-state index contributed by atoms with van der Waals surface area (Å²) in [6.07, 6.45) is 4.88. The number of allylic oxidation sites excluding steroid dienone is 1. The Morgan fingerprint density at radius 3 is 2.61 bits per heavy atom. The molecule has 0 bridgehead atoms. The number of carbonyl (C=O) groups excluding carboxylic acids is 1. The van der Waals surface area contributed by atoms with Crippen LogP contribution in [0.2, 0.25) is 5.02 Å². The SMILES string of the molecule is CC1=C(C(=O)Nc2ccccc2)C(c2ccc(Cl)cc2)n2c(s/c(=C\c3ccoc3)c2=O)=N1. The highest BCUT2D eigenvalue weighted by molar-refractivity contribution is 7.07. The molecule has 4 aromatic rings. The van der Waals surface area contributed by atoms with Crippen LogP contribution in [0.5, 0.6) is 0 Å². The lowest BCUT2D eigenvalue weighted by molar-refractivity contribution is -0.113.